The third-order valence-electron chi connectivity index (χ3n) is 3.26. The van der Waals surface area contributed by atoms with Crippen LogP contribution in [0, 0.1) is 5.92 Å². The minimum Gasteiger partial charge on any atom is -0.300 e. The van der Waals surface area contributed by atoms with Gasteiger partial charge in [-0.15, -0.1) is 0 Å². The molecule has 3 rings (SSSR count). The third kappa shape index (κ3) is 2.48. The van der Waals surface area contributed by atoms with Crippen LogP contribution >= 0.6 is 0 Å². The van der Waals surface area contributed by atoms with Crippen molar-refractivity contribution >= 4 is 0 Å². The predicted octanol–water partition coefficient (Wildman–Crippen LogP) is 2.06. The largest absolute Gasteiger partial charge is 0.300 e. The molecule has 3 aliphatic heterocycles. The molecule has 2 atom stereocenters. The maximum atomic E-state index is 2.63. The van der Waals surface area contributed by atoms with E-state index in [9.17, 15) is 0 Å². The highest BCUT2D eigenvalue weighted by atomic mass is 15.3. The summed E-state index contributed by atoms with van der Waals surface area (Å²) in [5, 5.41) is 0. The highest BCUT2D eigenvalue weighted by Crippen LogP contribution is 2.30. The van der Waals surface area contributed by atoms with Crippen molar-refractivity contribution in [2.75, 3.05) is 26.7 Å². The molecule has 0 aromatic carbocycles. The summed E-state index contributed by atoms with van der Waals surface area (Å²) in [6.45, 7) is 12.5. The lowest BCUT2D eigenvalue weighted by Crippen LogP contribution is -2.67. The Morgan fingerprint density at radius 2 is 1.64 bits per heavy atom. The SMILES string of the molecule is CC.CC(C)CN1CC2CC(C1)N2C. The Kier molecular flexibility index (Phi) is 4.39. The quantitative estimate of drug-likeness (QED) is 0.670. The van der Waals surface area contributed by atoms with Crippen molar-refractivity contribution in [2.45, 2.75) is 46.2 Å². The summed E-state index contributed by atoms with van der Waals surface area (Å²) in [7, 11) is 2.27. The second-order valence-corrected chi connectivity index (χ2v) is 4.82. The van der Waals surface area contributed by atoms with E-state index in [-0.39, 0.29) is 0 Å². The van der Waals surface area contributed by atoms with Gasteiger partial charge in [-0.3, -0.25) is 9.80 Å². The lowest BCUT2D eigenvalue weighted by atomic mass is 9.88. The van der Waals surface area contributed by atoms with Crippen LogP contribution in [0.25, 0.3) is 0 Å². The van der Waals surface area contributed by atoms with E-state index in [1.165, 1.54) is 26.1 Å². The Bertz CT molecular complexity index is 156. The molecule has 0 radical (unpaired) electrons. The van der Waals surface area contributed by atoms with E-state index in [4.69, 9.17) is 0 Å². The molecule has 3 saturated heterocycles. The average molecular weight is 198 g/mol. The number of nitrogens with zero attached hydrogens (tertiary/aromatic N) is 2. The molecule has 0 aliphatic carbocycles. The summed E-state index contributed by atoms with van der Waals surface area (Å²) >= 11 is 0. The standard InChI is InChI=1S/C10H20N2.C2H6/c1-8(2)5-12-6-9-4-10(7-12)11(9)3;1-2/h8-10H,4-7H2,1-3H3;1-2H3. The zero-order chi connectivity index (χ0) is 10.7. The predicted molar refractivity (Wildman–Crippen MR) is 62.6 cm³/mol. The Morgan fingerprint density at radius 1 is 1.14 bits per heavy atom. The van der Waals surface area contributed by atoms with Gasteiger partial charge >= 0.3 is 0 Å². The number of piperidine rings is 1. The zero-order valence-corrected chi connectivity index (χ0v) is 10.5. The molecule has 0 spiro atoms. The number of hydrogen-bond donors (Lipinski definition) is 0. The summed E-state index contributed by atoms with van der Waals surface area (Å²) in [5.74, 6) is 0.827. The van der Waals surface area contributed by atoms with E-state index in [0.717, 1.165) is 18.0 Å². The van der Waals surface area contributed by atoms with Gasteiger partial charge in [-0.05, 0) is 19.4 Å². The maximum absolute atomic E-state index is 2.63. The Morgan fingerprint density at radius 3 is 2.00 bits per heavy atom. The fourth-order valence-electron chi connectivity index (χ4n) is 2.55. The van der Waals surface area contributed by atoms with Crippen LogP contribution in [0.4, 0.5) is 0 Å². The molecule has 3 fully saturated rings. The maximum Gasteiger partial charge on any atom is 0.0238 e. The van der Waals surface area contributed by atoms with E-state index < -0.39 is 0 Å². The smallest absolute Gasteiger partial charge is 0.0238 e. The monoisotopic (exact) mass is 198 g/mol. The van der Waals surface area contributed by atoms with Gasteiger partial charge in [-0.2, -0.15) is 0 Å². The van der Waals surface area contributed by atoms with Crippen LogP contribution in [0.2, 0.25) is 0 Å². The van der Waals surface area contributed by atoms with Gasteiger partial charge < -0.3 is 0 Å². The zero-order valence-electron chi connectivity index (χ0n) is 10.5. The lowest BCUT2D eigenvalue weighted by molar-refractivity contribution is -0.0533. The van der Waals surface area contributed by atoms with Crippen molar-refractivity contribution in [3.8, 4) is 0 Å². The summed E-state index contributed by atoms with van der Waals surface area (Å²) < 4.78 is 0. The molecule has 0 saturated carbocycles. The van der Waals surface area contributed by atoms with Crippen LogP contribution in [0.5, 0.6) is 0 Å². The second-order valence-electron chi connectivity index (χ2n) is 4.82. The van der Waals surface area contributed by atoms with Gasteiger partial charge in [-0.25, -0.2) is 0 Å². The van der Waals surface area contributed by atoms with Crippen LogP contribution in [0.3, 0.4) is 0 Å². The first kappa shape index (κ1) is 12.0. The Labute approximate surface area is 89.3 Å². The first-order valence-electron chi connectivity index (χ1n) is 6.11. The summed E-state index contributed by atoms with van der Waals surface area (Å²) in [4.78, 5) is 5.17. The molecule has 84 valence electrons. The summed E-state index contributed by atoms with van der Waals surface area (Å²) in [6, 6.07) is 1.75. The third-order valence-corrected chi connectivity index (χ3v) is 3.26. The molecule has 2 nitrogen and oxygen atoms in total. The van der Waals surface area contributed by atoms with Crippen molar-refractivity contribution in [2.24, 2.45) is 5.92 Å². The second kappa shape index (κ2) is 5.13. The minimum atomic E-state index is 0.827. The van der Waals surface area contributed by atoms with Crippen LogP contribution < -0.4 is 0 Å². The summed E-state index contributed by atoms with van der Waals surface area (Å²) in [5.41, 5.74) is 0. The van der Waals surface area contributed by atoms with Crippen LogP contribution in [0.15, 0.2) is 0 Å². The Balaban J connectivity index is 0.000000461. The van der Waals surface area contributed by atoms with E-state index in [2.05, 4.69) is 30.7 Å². The number of fused-ring (bicyclic) bond motifs is 2. The highest BCUT2D eigenvalue weighted by molar-refractivity contribution is 4.98. The van der Waals surface area contributed by atoms with Gasteiger partial charge in [0.25, 0.3) is 0 Å². The van der Waals surface area contributed by atoms with Crippen molar-refractivity contribution in [3.05, 3.63) is 0 Å². The van der Waals surface area contributed by atoms with Gasteiger partial charge in [0.2, 0.25) is 0 Å². The van der Waals surface area contributed by atoms with E-state index >= 15 is 0 Å². The minimum absolute atomic E-state index is 0.827. The summed E-state index contributed by atoms with van der Waals surface area (Å²) in [6.07, 6.45) is 1.45. The molecule has 3 aliphatic rings. The van der Waals surface area contributed by atoms with E-state index in [1.54, 1.807) is 0 Å². The van der Waals surface area contributed by atoms with E-state index in [0.29, 0.717) is 0 Å². The molecule has 2 unspecified atom stereocenters. The molecule has 0 N–H and O–H groups in total. The van der Waals surface area contributed by atoms with Crippen molar-refractivity contribution in [3.63, 3.8) is 0 Å². The molecule has 2 heteroatoms. The molecular weight excluding hydrogens is 172 g/mol. The topological polar surface area (TPSA) is 6.48 Å². The molecule has 0 aromatic heterocycles. The number of hydrogen-bond acceptors (Lipinski definition) is 2. The first-order chi connectivity index (χ1) is 6.66. The number of likely N-dealkylation sites (N-methyl/N-ethyl adjacent to an activating group) is 1. The Hall–Kier alpha value is -0.0800. The van der Waals surface area contributed by atoms with Gasteiger partial charge in [0.05, 0.1) is 0 Å². The molecular formula is C12H26N2. The highest BCUT2D eigenvalue weighted by Gasteiger charge is 2.41. The number of rotatable bonds is 2. The molecule has 3 heterocycles. The lowest BCUT2D eigenvalue weighted by Gasteiger charge is -2.55. The van der Waals surface area contributed by atoms with Gasteiger partial charge in [0.1, 0.15) is 0 Å². The van der Waals surface area contributed by atoms with Crippen LogP contribution in [0.1, 0.15) is 34.1 Å². The van der Waals surface area contributed by atoms with Crippen molar-refractivity contribution in [1.82, 2.24) is 9.80 Å². The number of piperazine rings is 1. The molecule has 0 aromatic rings. The average Bonchev–Trinajstić information content (AvgIpc) is 2.19. The van der Waals surface area contributed by atoms with Gasteiger partial charge in [0, 0.05) is 31.7 Å². The van der Waals surface area contributed by atoms with Crippen LogP contribution in [-0.2, 0) is 0 Å². The fraction of sp³-hybridized carbons (Fsp3) is 1.00. The van der Waals surface area contributed by atoms with E-state index in [1.807, 2.05) is 13.8 Å². The van der Waals surface area contributed by atoms with Crippen molar-refractivity contribution in [1.29, 1.82) is 0 Å². The molecule has 14 heavy (non-hydrogen) atoms. The first-order valence-corrected chi connectivity index (χ1v) is 6.11. The van der Waals surface area contributed by atoms with Gasteiger partial charge in [-0.1, -0.05) is 27.7 Å². The van der Waals surface area contributed by atoms with Crippen LogP contribution in [-0.4, -0.2) is 48.6 Å². The molecule has 2 bridgehead atoms. The normalized spacial score (nSPS) is 32.1. The van der Waals surface area contributed by atoms with Crippen molar-refractivity contribution < 1.29 is 0 Å². The fourth-order valence-corrected chi connectivity index (χ4v) is 2.55. The van der Waals surface area contributed by atoms with Gasteiger partial charge in [0.15, 0.2) is 0 Å². The molecule has 0 amide bonds.